The van der Waals surface area contributed by atoms with Crippen molar-refractivity contribution in [2.24, 2.45) is 0 Å². The predicted molar refractivity (Wildman–Crippen MR) is 71.7 cm³/mol. The zero-order valence-electron chi connectivity index (χ0n) is 7.24. The normalized spacial score (nSPS) is 13.0. The maximum absolute atomic E-state index is 3.71. The Morgan fingerprint density at radius 1 is 1.36 bits per heavy atom. The molecule has 2 aromatic heterocycles. The molecule has 0 fully saturated rings. The highest BCUT2D eigenvalue weighted by molar-refractivity contribution is 9.11. The van der Waals surface area contributed by atoms with Crippen molar-refractivity contribution < 1.29 is 0 Å². The smallest absolute Gasteiger partial charge is 0.0701 e. The van der Waals surface area contributed by atoms with Crippen LogP contribution in [0.4, 0.5) is 0 Å². The summed E-state index contributed by atoms with van der Waals surface area (Å²) in [6, 6.07) is 6.46. The fourth-order valence-electron chi connectivity index (χ4n) is 1.21. The summed E-state index contributed by atoms with van der Waals surface area (Å²) in [7, 11) is 0. The highest BCUT2D eigenvalue weighted by atomic mass is 79.9. The van der Waals surface area contributed by atoms with Crippen LogP contribution in [0, 0.1) is 0 Å². The van der Waals surface area contributed by atoms with Crippen LogP contribution in [0.2, 0.25) is 0 Å². The van der Waals surface area contributed by atoms with Crippen LogP contribution in [0.1, 0.15) is 15.3 Å². The van der Waals surface area contributed by atoms with Crippen LogP contribution in [-0.4, -0.2) is 0 Å². The second-order valence-electron chi connectivity index (χ2n) is 2.94. The fraction of sp³-hybridized carbons (Fsp3) is 0.200. The lowest BCUT2D eigenvalue weighted by molar-refractivity contribution is 0.975. The standard InChI is InChI=1S/C10H8Br2S2/c11-9(5-8-2-1-3-13-8)7-4-10(12)14-6-7/h1-4,6,9H,5H2. The minimum atomic E-state index is 0.434. The predicted octanol–water partition coefficient (Wildman–Crippen LogP) is 5.25. The van der Waals surface area contributed by atoms with Crippen LogP contribution in [0.5, 0.6) is 0 Å². The van der Waals surface area contributed by atoms with Gasteiger partial charge >= 0.3 is 0 Å². The lowest BCUT2D eigenvalue weighted by atomic mass is 10.2. The zero-order valence-corrected chi connectivity index (χ0v) is 12.0. The number of halogens is 2. The first-order valence-corrected chi connectivity index (χ1v) is 7.63. The summed E-state index contributed by atoms with van der Waals surface area (Å²) in [5.74, 6) is 0. The molecule has 0 aliphatic rings. The molecular weight excluding hydrogens is 344 g/mol. The summed E-state index contributed by atoms with van der Waals surface area (Å²) in [6.07, 6.45) is 1.07. The molecule has 1 atom stereocenters. The second-order valence-corrected chi connectivity index (χ2v) is 7.36. The monoisotopic (exact) mass is 350 g/mol. The van der Waals surface area contributed by atoms with Crippen molar-refractivity contribution in [3.63, 3.8) is 0 Å². The zero-order chi connectivity index (χ0) is 9.97. The van der Waals surface area contributed by atoms with Crippen molar-refractivity contribution in [1.29, 1.82) is 0 Å². The SMILES string of the molecule is Brc1cc(C(Br)Cc2cccs2)cs1. The van der Waals surface area contributed by atoms with Crippen LogP contribution in [0.25, 0.3) is 0 Å². The third-order valence-electron chi connectivity index (χ3n) is 1.91. The van der Waals surface area contributed by atoms with Crippen LogP contribution in [-0.2, 0) is 6.42 Å². The van der Waals surface area contributed by atoms with Gasteiger partial charge in [0, 0.05) is 9.70 Å². The summed E-state index contributed by atoms with van der Waals surface area (Å²) in [5, 5.41) is 4.32. The first-order valence-electron chi connectivity index (χ1n) is 4.16. The molecule has 0 aliphatic carbocycles. The summed E-state index contributed by atoms with van der Waals surface area (Å²) >= 11 is 10.7. The Bertz CT molecular complexity index is 392. The number of hydrogen-bond donors (Lipinski definition) is 0. The Hall–Kier alpha value is 0.360. The van der Waals surface area contributed by atoms with Crippen molar-refractivity contribution >= 4 is 54.5 Å². The quantitative estimate of drug-likeness (QED) is 0.662. The van der Waals surface area contributed by atoms with E-state index in [0.717, 1.165) is 6.42 Å². The largest absolute Gasteiger partial charge is 0.149 e. The molecule has 2 aromatic rings. The number of rotatable bonds is 3. The van der Waals surface area contributed by atoms with Gasteiger partial charge in [-0.3, -0.25) is 0 Å². The van der Waals surface area contributed by atoms with E-state index in [2.05, 4.69) is 60.8 Å². The van der Waals surface area contributed by atoms with Gasteiger partial charge in [-0.15, -0.1) is 22.7 Å². The summed E-state index contributed by atoms with van der Waals surface area (Å²) in [5.41, 5.74) is 1.36. The number of hydrogen-bond acceptors (Lipinski definition) is 2. The summed E-state index contributed by atoms with van der Waals surface area (Å²) in [6.45, 7) is 0. The van der Waals surface area contributed by atoms with Crippen molar-refractivity contribution in [2.45, 2.75) is 11.2 Å². The van der Waals surface area contributed by atoms with E-state index in [0.29, 0.717) is 4.83 Å². The molecule has 0 spiro atoms. The molecule has 0 radical (unpaired) electrons. The average molecular weight is 352 g/mol. The first-order chi connectivity index (χ1) is 6.75. The van der Waals surface area contributed by atoms with Crippen molar-refractivity contribution in [2.75, 3.05) is 0 Å². The minimum Gasteiger partial charge on any atom is -0.149 e. The van der Waals surface area contributed by atoms with E-state index in [1.807, 2.05) is 11.3 Å². The van der Waals surface area contributed by atoms with E-state index in [4.69, 9.17) is 0 Å². The van der Waals surface area contributed by atoms with Gasteiger partial charge in [-0.05, 0) is 50.8 Å². The molecule has 0 saturated carbocycles. The van der Waals surface area contributed by atoms with Gasteiger partial charge in [-0.25, -0.2) is 0 Å². The number of thiophene rings is 2. The van der Waals surface area contributed by atoms with Crippen LogP contribution < -0.4 is 0 Å². The first kappa shape index (κ1) is 10.9. The molecular formula is C10H8Br2S2. The van der Waals surface area contributed by atoms with E-state index in [1.54, 1.807) is 11.3 Å². The highest BCUT2D eigenvalue weighted by Gasteiger charge is 2.10. The van der Waals surface area contributed by atoms with Gasteiger partial charge in [0.25, 0.3) is 0 Å². The summed E-state index contributed by atoms with van der Waals surface area (Å²) in [4.78, 5) is 1.86. The van der Waals surface area contributed by atoms with Crippen molar-refractivity contribution in [1.82, 2.24) is 0 Å². The van der Waals surface area contributed by atoms with Crippen LogP contribution in [0.15, 0.2) is 32.7 Å². The molecule has 0 saturated heterocycles. The molecule has 0 bridgehead atoms. The van der Waals surface area contributed by atoms with Gasteiger partial charge in [-0.1, -0.05) is 22.0 Å². The Labute approximate surface area is 108 Å². The third kappa shape index (κ3) is 2.69. The second kappa shape index (κ2) is 4.92. The van der Waals surface area contributed by atoms with Crippen LogP contribution >= 0.6 is 54.5 Å². The fourth-order valence-corrected chi connectivity index (χ4v) is 4.19. The van der Waals surface area contributed by atoms with E-state index in [-0.39, 0.29) is 0 Å². The highest BCUT2D eigenvalue weighted by Crippen LogP contribution is 2.33. The molecule has 74 valence electrons. The number of alkyl halides is 1. The third-order valence-corrected chi connectivity index (χ3v) is 5.18. The molecule has 0 N–H and O–H groups in total. The maximum Gasteiger partial charge on any atom is 0.0701 e. The van der Waals surface area contributed by atoms with Crippen LogP contribution in [0.3, 0.4) is 0 Å². The maximum atomic E-state index is 3.71. The van der Waals surface area contributed by atoms with Gasteiger partial charge < -0.3 is 0 Å². The molecule has 4 heteroatoms. The van der Waals surface area contributed by atoms with Gasteiger partial charge in [0.15, 0.2) is 0 Å². The van der Waals surface area contributed by atoms with E-state index in [9.17, 15) is 0 Å². The molecule has 0 amide bonds. The minimum absolute atomic E-state index is 0.434. The Morgan fingerprint density at radius 2 is 2.21 bits per heavy atom. The van der Waals surface area contributed by atoms with Crippen molar-refractivity contribution in [3.05, 3.63) is 43.2 Å². The van der Waals surface area contributed by atoms with E-state index >= 15 is 0 Å². The molecule has 2 heterocycles. The van der Waals surface area contributed by atoms with E-state index < -0.39 is 0 Å². The molecule has 14 heavy (non-hydrogen) atoms. The lowest BCUT2D eigenvalue weighted by Crippen LogP contribution is -1.90. The Morgan fingerprint density at radius 3 is 2.79 bits per heavy atom. The topological polar surface area (TPSA) is 0 Å². The molecule has 0 nitrogen and oxygen atoms in total. The molecule has 0 aromatic carbocycles. The van der Waals surface area contributed by atoms with Gasteiger partial charge in [-0.2, -0.15) is 0 Å². The Kier molecular flexibility index (Phi) is 3.82. The summed E-state index contributed by atoms with van der Waals surface area (Å²) < 4.78 is 1.20. The lowest BCUT2D eigenvalue weighted by Gasteiger charge is -2.05. The van der Waals surface area contributed by atoms with Crippen molar-refractivity contribution in [3.8, 4) is 0 Å². The average Bonchev–Trinajstić information content (AvgIpc) is 2.75. The van der Waals surface area contributed by atoms with Gasteiger partial charge in [0.05, 0.1) is 3.79 Å². The molecule has 2 rings (SSSR count). The van der Waals surface area contributed by atoms with E-state index in [1.165, 1.54) is 14.2 Å². The molecule has 1 unspecified atom stereocenters. The molecule has 0 aliphatic heterocycles. The Balaban J connectivity index is 2.06. The van der Waals surface area contributed by atoms with Gasteiger partial charge in [0.1, 0.15) is 0 Å². The van der Waals surface area contributed by atoms with Gasteiger partial charge in [0.2, 0.25) is 0 Å².